The summed E-state index contributed by atoms with van der Waals surface area (Å²) >= 11 is 2.76. The van der Waals surface area contributed by atoms with Gasteiger partial charge in [0.15, 0.2) is 16.5 Å². The summed E-state index contributed by atoms with van der Waals surface area (Å²) in [6.45, 7) is 0. The SMILES string of the molecule is O=C(CSc1ccc2cc(O)c(O)cc2c1)c1nccs1. The molecular weight excluding hydrogens is 306 g/mol. The van der Waals surface area contributed by atoms with E-state index in [-0.39, 0.29) is 17.3 Å². The number of phenols is 2. The first-order chi connectivity index (χ1) is 10.1. The van der Waals surface area contributed by atoms with Gasteiger partial charge in [-0.3, -0.25) is 4.79 Å². The van der Waals surface area contributed by atoms with Crippen LogP contribution >= 0.6 is 23.1 Å². The molecule has 0 spiro atoms. The van der Waals surface area contributed by atoms with E-state index in [1.807, 2.05) is 18.2 Å². The Morgan fingerprint density at radius 3 is 2.62 bits per heavy atom. The Kier molecular flexibility index (Phi) is 3.81. The third kappa shape index (κ3) is 3.01. The fraction of sp³-hybridized carbons (Fsp3) is 0.0667. The van der Waals surface area contributed by atoms with Crippen molar-refractivity contribution >= 4 is 39.7 Å². The van der Waals surface area contributed by atoms with E-state index in [1.165, 1.54) is 35.2 Å². The fourth-order valence-corrected chi connectivity index (χ4v) is 3.39. The van der Waals surface area contributed by atoms with Crippen molar-refractivity contribution in [3.63, 3.8) is 0 Å². The van der Waals surface area contributed by atoms with Crippen molar-refractivity contribution < 1.29 is 15.0 Å². The second-order valence-electron chi connectivity index (χ2n) is 4.40. The van der Waals surface area contributed by atoms with Gasteiger partial charge in [0.2, 0.25) is 5.78 Å². The van der Waals surface area contributed by atoms with Crippen LogP contribution in [0, 0.1) is 0 Å². The molecule has 0 saturated heterocycles. The Balaban J connectivity index is 1.78. The van der Waals surface area contributed by atoms with Crippen molar-refractivity contribution in [2.75, 3.05) is 5.75 Å². The summed E-state index contributed by atoms with van der Waals surface area (Å²) in [6.07, 6.45) is 1.62. The Hall–Kier alpha value is -2.05. The fourth-order valence-electron chi connectivity index (χ4n) is 1.91. The van der Waals surface area contributed by atoms with Crippen LogP contribution in [0.5, 0.6) is 11.5 Å². The first-order valence-corrected chi connectivity index (χ1v) is 8.01. The van der Waals surface area contributed by atoms with Crippen molar-refractivity contribution in [1.29, 1.82) is 0 Å². The minimum absolute atomic E-state index is 0.00338. The molecule has 1 heterocycles. The number of hydrogen-bond donors (Lipinski definition) is 2. The number of aromatic hydroxyl groups is 2. The summed E-state index contributed by atoms with van der Waals surface area (Å²) in [5.74, 6) is 0.0392. The highest BCUT2D eigenvalue weighted by molar-refractivity contribution is 8.00. The van der Waals surface area contributed by atoms with Gasteiger partial charge in [-0.15, -0.1) is 23.1 Å². The average molecular weight is 317 g/mol. The second-order valence-corrected chi connectivity index (χ2v) is 6.34. The minimum atomic E-state index is -0.150. The first-order valence-electron chi connectivity index (χ1n) is 6.15. The Bertz CT molecular complexity index is 800. The van der Waals surface area contributed by atoms with E-state index in [0.717, 1.165) is 15.7 Å². The number of aromatic nitrogens is 1. The molecule has 0 bridgehead atoms. The van der Waals surface area contributed by atoms with E-state index >= 15 is 0 Å². The van der Waals surface area contributed by atoms with Crippen LogP contribution in [0.15, 0.2) is 46.8 Å². The van der Waals surface area contributed by atoms with E-state index in [4.69, 9.17) is 0 Å². The summed E-state index contributed by atoms with van der Waals surface area (Å²) in [7, 11) is 0. The number of carbonyl (C=O) groups is 1. The van der Waals surface area contributed by atoms with Crippen molar-refractivity contribution in [3.05, 3.63) is 46.9 Å². The summed E-state index contributed by atoms with van der Waals surface area (Å²) in [4.78, 5) is 16.8. The van der Waals surface area contributed by atoms with Gasteiger partial charge in [0.05, 0.1) is 5.75 Å². The zero-order chi connectivity index (χ0) is 14.8. The molecule has 0 unspecified atom stereocenters. The number of carbonyl (C=O) groups excluding carboxylic acids is 1. The van der Waals surface area contributed by atoms with Crippen LogP contribution in [0.2, 0.25) is 0 Å². The third-order valence-corrected chi connectivity index (χ3v) is 4.75. The first kappa shape index (κ1) is 13.9. The molecule has 0 amide bonds. The topological polar surface area (TPSA) is 70.4 Å². The zero-order valence-electron chi connectivity index (χ0n) is 10.8. The molecule has 4 nitrogen and oxygen atoms in total. The molecule has 0 atom stereocenters. The lowest BCUT2D eigenvalue weighted by Crippen LogP contribution is -2.01. The normalized spacial score (nSPS) is 10.9. The van der Waals surface area contributed by atoms with Gasteiger partial charge >= 0.3 is 0 Å². The van der Waals surface area contributed by atoms with Crippen molar-refractivity contribution in [2.45, 2.75) is 4.90 Å². The zero-order valence-corrected chi connectivity index (χ0v) is 12.4. The lowest BCUT2D eigenvalue weighted by atomic mass is 10.1. The molecule has 1 aromatic heterocycles. The Morgan fingerprint density at radius 1 is 1.14 bits per heavy atom. The smallest absolute Gasteiger partial charge is 0.201 e. The van der Waals surface area contributed by atoms with Crippen LogP contribution < -0.4 is 0 Å². The molecule has 2 N–H and O–H groups in total. The number of nitrogens with zero attached hydrogens (tertiary/aromatic N) is 1. The maximum atomic E-state index is 11.9. The summed E-state index contributed by atoms with van der Waals surface area (Å²) in [6, 6.07) is 8.65. The van der Waals surface area contributed by atoms with Crippen molar-refractivity contribution in [1.82, 2.24) is 4.98 Å². The number of Topliss-reactive ketones (excluding diaryl/α,β-unsaturated/α-hetero) is 1. The van der Waals surface area contributed by atoms with Gasteiger partial charge in [-0.1, -0.05) is 6.07 Å². The molecule has 0 aliphatic rings. The van der Waals surface area contributed by atoms with Crippen LogP contribution in [0.3, 0.4) is 0 Å². The van der Waals surface area contributed by atoms with E-state index in [0.29, 0.717) is 10.8 Å². The second kappa shape index (κ2) is 5.75. The molecule has 0 saturated carbocycles. The lowest BCUT2D eigenvalue weighted by Gasteiger charge is -2.05. The quantitative estimate of drug-likeness (QED) is 0.436. The van der Waals surface area contributed by atoms with Crippen LogP contribution in [-0.2, 0) is 0 Å². The molecule has 6 heteroatoms. The monoisotopic (exact) mass is 317 g/mol. The number of ketones is 1. The molecule has 0 aliphatic heterocycles. The maximum absolute atomic E-state index is 11.9. The molecule has 2 aromatic carbocycles. The number of thiazole rings is 1. The number of phenolic OH excluding ortho intramolecular Hbond substituents is 2. The van der Waals surface area contributed by atoms with Crippen LogP contribution in [0.25, 0.3) is 10.8 Å². The number of hydrogen-bond acceptors (Lipinski definition) is 6. The number of fused-ring (bicyclic) bond motifs is 1. The summed E-state index contributed by atoms with van der Waals surface area (Å²) in [5.41, 5.74) is 0. The van der Waals surface area contributed by atoms with Crippen molar-refractivity contribution in [2.24, 2.45) is 0 Å². The van der Waals surface area contributed by atoms with Gasteiger partial charge in [-0.25, -0.2) is 4.98 Å². The number of thioether (sulfide) groups is 1. The summed E-state index contributed by atoms with van der Waals surface area (Å²) < 4.78 is 0. The predicted molar refractivity (Wildman–Crippen MR) is 84.4 cm³/mol. The highest BCUT2D eigenvalue weighted by atomic mass is 32.2. The molecular formula is C15H11NO3S2. The molecule has 0 fully saturated rings. The maximum Gasteiger partial charge on any atom is 0.201 e. The molecule has 0 radical (unpaired) electrons. The molecule has 3 aromatic rings. The van der Waals surface area contributed by atoms with Gasteiger partial charge in [-0.2, -0.15) is 0 Å². The van der Waals surface area contributed by atoms with Crippen molar-refractivity contribution in [3.8, 4) is 11.5 Å². The third-order valence-electron chi connectivity index (χ3n) is 2.95. The van der Waals surface area contributed by atoms with Gasteiger partial charge < -0.3 is 10.2 Å². The summed E-state index contributed by atoms with van der Waals surface area (Å²) in [5, 5.41) is 22.9. The molecule has 106 valence electrons. The van der Waals surface area contributed by atoms with Crippen LogP contribution in [-0.4, -0.2) is 26.7 Å². The Morgan fingerprint density at radius 2 is 1.90 bits per heavy atom. The predicted octanol–water partition coefficient (Wildman–Crippen LogP) is 3.68. The van der Waals surface area contributed by atoms with Gasteiger partial charge in [0, 0.05) is 16.5 Å². The molecule has 0 aliphatic carbocycles. The highest BCUT2D eigenvalue weighted by Crippen LogP contribution is 2.32. The Labute approximate surface area is 129 Å². The average Bonchev–Trinajstić information content (AvgIpc) is 3.00. The minimum Gasteiger partial charge on any atom is -0.504 e. The lowest BCUT2D eigenvalue weighted by molar-refractivity contribution is 0.102. The van der Waals surface area contributed by atoms with E-state index in [1.54, 1.807) is 11.6 Å². The number of rotatable bonds is 4. The van der Waals surface area contributed by atoms with Gasteiger partial charge in [0.25, 0.3) is 0 Å². The van der Waals surface area contributed by atoms with E-state index in [9.17, 15) is 15.0 Å². The van der Waals surface area contributed by atoms with Crippen LogP contribution in [0.4, 0.5) is 0 Å². The largest absolute Gasteiger partial charge is 0.504 e. The standard InChI is InChI=1S/C15H11NO3S2/c17-12-6-9-1-2-11(5-10(9)7-13(12)18)21-8-14(19)15-16-3-4-20-15/h1-7,17-18H,8H2. The molecule has 21 heavy (non-hydrogen) atoms. The van der Waals surface area contributed by atoms with E-state index < -0.39 is 0 Å². The number of benzene rings is 2. The molecule has 3 rings (SSSR count). The highest BCUT2D eigenvalue weighted by Gasteiger charge is 2.10. The van der Waals surface area contributed by atoms with Gasteiger partial charge in [-0.05, 0) is 35.0 Å². The van der Waals surface area contributed by atoms with E-state index in [2.05, 4.69) is 4.98 Å². The van der Waals surface area contributed by atoms with Gasteiger partial charge in [0.1, 0.15) is 0 Å². The van der Waals surface area contributed by atoms with Crippen LogP contribution in [0.1, 0.15) is 9.80 Å².